The molecule has 268 valence electrons. The SMILES string of the molecule is CC(C)C[C@H](OC(=O)NCc1ccccc1)C(=O)N(CC(=O)C[C@@](N)(CC(C)C)C(=O)ONC(=O)OCc1ccccc1)Cc1ccccc1. The van der Waals surface area contributed by atoms with E-state index in [0.717, 1.165) is 16.7 Å². The summed E-state index contributed by atoms with van der Waals surface area (Å²) in [5.41, 5.74) is 8.95. The van der Waals surface area contributed by atoms with Gasteiger partial charge in [0.1, 0.15) is 12.1 Å². The van der Waals surface area contributed by atoms with Crippen LogP contribution in [0, 0.1) is 11.8 Å². The van der Waals surface area contributed by atoms with Crippen LogP contribution in [0.25, 0.3) is 0 Å². The molecule has 4 N–H and O–H groups in total. The lowest BCUT2D eigenvalue weighted by atomic mass is 9.85. The molecule has 0 unspecified atom stereocenters. The van der Waals surface area contributed by atoms with Crippen LogP contribution in [0.2, 0.25) is 0 Å². The monoisotopic (exact) mass is 688 g/mol. The highest BCUT2D eigenvalue weighted by Gasteiger charge is 2.40. The fraction of sp³-hybridized carbons (Fsp3) is 0.395. The Balaban J connectivity index is 1.72. The Morgan fingerprint density at radius 3 is 1.88 bits per heavy atom. The third-order valence-corrected chi connectivity index (χ3v) is 7.52. The second kappa shape index (κ2) is 19.7. The lowest BCUT2D eigenvalue weighted by Crippen LogP contribution is -2.54. The zero-order chi connectivity index (χ0) is 36.5. The number of carbonyl (C=O) groups excluding carboxylic acids is 5. The van der Waals surface area contributed by atoms with Gasteiger partial charge in [0.05, 0.1) is 6.54 Å². The van der Waals surface area contributed by atoms with Crippen molar-refractivity contribution in [3.05, 3.63) is 108 Å². The fourth-order valence-corrected chi connectivity index (χ4v) is 5.31. The summed E-state index contributed by atoms with van der Waals surface area (Å²) in [6.07, 6.45) is -3.19. The number of benzene rings is 3. The van der Waals surface area contributed by atoms with Gasteiger partial charge in [0.25, 0.3) is 5.91 Å². The van der Waals surface area contributed by atoms with E-state index in [2.05, 4.69) is 5.32 Å². The summed E-state index contributed by atoms with van der Waals surface area (Å²) in [7, 11) is 0. The number of nitrogens with zero attached hydrogens (tertiary/aromatic N) is 1. The summed E-state index contributed by atoms with van der Waals surface area (Å²) in [6, 6.07) is 27.3. The maximum atomic E-state index is 14.0. The number of alkyl carbamates (subject to hydrolysis) is 1. The van der Waals surface area contributed by atoms with Crippen molar-refractivity contribution < 1.29 is 38.3 Å². The van der Waals surface area contributed by atoms with E-state index in [-0.39, 0.29) is 44.4 Å². The minimum atomic E-state index is -1.83. The van der Waals surface area contributed by atoms with Crippen molar-refractivity contribution >= 4 is 29.8 Å². The second-order valence-corrected chi connectivity index (χ2v) is 13.1. The normalized spacial score (nSPS) is 12.7. The number of hydrogen-bond donors (Lipinski definition) is 3. The molecule has 0 aliphatic heterocycles. The standard InChI is InChI=1S/C38H48N4O8/c1-27(2)20-33(49-36(46)40-23-29-14-8-5-9-15-29)34(44)42(24-30-16-10-6-11-17-30)25-32(43)22-38(39,21-28(3)4)35(45)50-41-37(47)48-26-31-18-12-7-13-19-31/h5-19,27-28,33H,20-26,39H2,1-4H3,(H,40,46)(H,41,47)/t33-,38-/m0/s1. The van der Waals surface area contributed by atoms with Crippen molar-refractivity contribution in [3.8, 4) is 0 Å². The third kappa shape index (κ3) is 13.7. The topological polar surface area (TPSA) is 166 Å². The Morgan fingerprint density at radius 1 is 0.760 bits per heavy atom. The van der Waals surface area contributed by atoms with Gasteiger partial charge in [0, 0.05) is 19.5 Å². The second-order valence-electron chi connectivity index (χ2n) is 13.1. The Hall–Kier alpha value is -5.23. The van der Waals surface area contributed by atoms with E-state index in [0.29, 0.717) is 0 Å². The third-order valence-electron chi connectivity index (χ3n) is 7.52. The van der Waals surface area contributed by atoms with E-state index in [1.54, 1.807) is 36.4 Å². The molecule has 3 rings (SSSR count). The van der Waals surface area contributed by atoms with Crippen LogP contribution in [0.4, 0.5) is 9.59 Å². The molecule has 3 aromatic carbocycles. The first-order chi connectivity index (χ1) is 23.8. The van der Waals surface area contributed by atoms with Gasteiger partial charge in [-0.3, -0.25) is 9.59 Å². The molecule has 12 nitrogen and oxygen atoms in total. The summed E-state index contributed by atoms with van der Waals surface area (Å²) in [5, 5.41) is 2.68. The average Bonchev–Trinajstić information content (AvgIpc) is 3.08. The van der Waals surface area contributed by atoms with Gasteiger partial charge in [-0.15, -0.1) is 5.48 Å². The van der Waals surface area contributed by atoms with Gasteiger partial charge >= 0.3 is 18.2 Å². The van der Waals surface area contributed by atoms with E-state index in [4.69, 9.17) is 20.0 Å². The number of nitrogens with one attached hydrogen (secondary N) is 2. The molecule has 0 heterocycles. The largest absolute Gasteiger partial charge is 0.443 e. The van der Waals surface area contributed by atoms with Crippen molar-refractivity contribution in [2.45, 2.75) is 78.3 Å². The molecular formula is C38H48N4O8. The van der Waals surface area contributed by atoms with Gasteiger partial charge in [-0.1, -0.05) is 119 Å². The molecular weight excluding hydrogens is 640 g/mol. The van der Waals surface area contributed by atoms with E-state index in [9.17, 15) is 24.0 Å². The van der Waals surface area contributed by atoms with Crippen LogP contribution >= 0.6 is 0 Å². The van der Waals surface area contributed by atoms with Crippen LogP contribution in [0.3, 0.4) is 0 Å². The number of Topliss-reactive ketones (excluding diaryl/α,β-unsaturated/α-hetero) is 1. The predicted molar refractivity (Wildman–Crippen MR) is 187 cm³/mol. The van der Waals surface area contributed by atoms with Crippen molar-refractivity contribution in [1.82, 2.24) is 15.7 Å². The Labute approximate surface area is 293 Å². The maximum Gasteiger partial charge on any atom is 0.441 e. The highest BCUT2D eigenvalue weighted by Crippen LogP contribution is 2.22. The van der Waals surface area contributed by atoms with Gasteiger partial charge < -0.3 is 30.3 Å². The van der Waals surface area contributed by atoms with E-state index >= 15 is 0 Å². The summed E-state index contributed by atoms with van der Waals surface area (Å²) < 4.78 is 10.7. The van der Waals surface area contributed by atoms with Crippen LogP contribution in [0.1, 0.15) is 63.6 Å². The van der Waals surface area contributed by atoms with Crippen molar-refractivity contribution in [2.75, 3.05) is 6.54 Å². The first-order valence-corrected chi connectivity index (χ1v) is 16.6. The van der Waals surface area contributed by atoms with Crippen LogP contribution in [-0.2, 0) is 48.4 Å². The van der Waals surface area contributed by atoms with E-state index < -0.39 is 54.5 Å². The van der Waals surface area contributed by atoms with Gasteiger partial charge in [-0.05, 0) is 41.4 Å². The molecule has 0 aliphatic carbocycles. The highest BCUT2D eigenvalue weighted by atomic mass is 16.7. The number of ether oxygens (including phenoxy) is 2. The smallest absolute Gasteiger partial charge is 0.441 e. The molecule has 0 aromatic heterocycles. The summed E-state index contributed by atoms with van der Waals surface area (Å²) >= 11 is 0. The zero-order valence-corrected chi connectivity index (χ0v) is 29.1. The molecule has 3 aromatic rings. The molecule has 0 radical (unpaired) electrons. The molecule has 12 heteroatoms. The Kier molecular flexibility index (Phi) is 15.4. The number of rotatable bonds is 17. The quantitative estimate of drug-likeness (QED) is 0.124. The van der Waals surface area contributed by atoms with Crippen LogP contribution in [-0.4, -0.2) is 52.9 Å². The lowest BCUT2D eigenvalue weighted by Gasteiger charge is -2.31. The minimum absolute atomic E-state index is 0.0236. The minimum Gasteiger partial charge on any atom is -0.443 e. The average molecular weight is 689 g/mol. The number of carbonyl (C=O) groups is 5. The number of nitrogens with two attached hydrogens (primary N) is 1. The van der Waals surface area contributed by atoms with Gasteiger partial charge in [0.2, 0.25) is 0 Å². The first kappa shape index (κ1) is 39.2. The van der Waals surface area contributed by atoms with Crippen molar-refractivity contribution in [3.63, 3.8) is 0 Å². The Bertz CT molecular complexity index is 1540. The molecule has 50 heavy (non-hydrogen) atoms. The van der Waals surface area contributed by atoms with Crippen LogP contribution in [0.15, 0.2) is 91.0 Å². The summed E-state index contributed by atoms with van der Waals surface area (Å²) in [6.45, 7) is 7.20. The molecule has 0 saturated carbocycles. The number of amides is 3. The van der Waals surface area contributed by atoms with Crippen molar-refractivity contribution in [1.29, 1.82) is 0 Å². The number of hydrogen-bond acceptors (Lipinski definition) is 9. The maximum absolute atomic E-state index is 14.0. The van der Waals surface area contributed by atoms with E-state index in [1.165, 1.54) is 4.90 Å². The number of hydroxylamine groups is 1. The van der Waals surface area contributed by atoms with Crippen molar-refractivity contribution in [2.24, 2.45) is 17.6 Å². The highest BCUT2D eigenvalue weighted by molar-refractivity contribution is 5.93. The summed E-state index contributed by atoms with van der Waals surface area (Å²) in [5.74, 6) is -2.29. The summed E-state index contributed by atoms with van der Waals surface area (Å²) in [4.78, 5) is 72.3. The molecule has 0 fully saturated rings. The van der Waals surface area contributed by atoms with E-state index in [1.807, 2.05) is 87.8 Å². The van der Waals surface area contributed by atoms with Gasteiger partial charge in [-0.25, -0.2) is 14.4 Å². The molecule has 0 spiro atoms. The zero-order valence-electron chi connectivity index (χ0n) is 29.1. The fourth-order valence-electron chi connectivity index (χ4n) is 5.31. The molecule has 3 amide bonds. The van der Waals surface area contributed by atoms with Gasteiger partial charge in [0.15, 0.2) is 11.9 Å². The van der Waals surface area contributed by atoms with Gasteiger partial charge in [-0.2, -0.15) is 0 Å². The Morgan fingerprint density at radius 2 is 1.32 bits per heavy atom. The van der Waals surface area contributed by atoms with Crippen LogP contribution in [0.5, 0.6) is 0 Å². The first-order valence-electron chi connectivity index (χ1n) is 16.6. The molecule has 2 atom stereocenters. The van der Waals surface area contributed by atoms with Crippen LogP contribution < -0.4 is 16.5 Å². The number of ketones is 1. The predicted octanol–water partition coefficient (Wildman–Crippen LogP) is 5.44. The molecule has 0 aliphatic rings. The molecule has 0 saturated heterocycles. The lowest BCUT2D eigenvalue weighted by molar-refractivity contribution is -0.159. The molecule has 0 bridgehead atoms.